The van der Waals surface area contributed by atoms with Gasteiger partial charge in [-0.05, 0) is 12.8 Å². The van der Waals surface area contributed by atoms with Crippen LogP contribution in [0.1, 0.15) is 32.6 Å². The Balaban J connectivity index is 2.86. The van der Waals surface area contributed by atoms with Gasteiger partial charge in [-0.3, -0.25) is 0 Å². The molecule has 0 radical (unpaired) electrons. The second kappa shape index (κ2) is 3.72. The lowest BCUT2D eigenvalue weighted by atomic mass is 10.1. The monoisotopic (exact) mass is 168 g/mol. The van der Waals surface area contributed by atoms with E-state index in [1.165, 1.54) is 0 Å². The maximum atomic E-state index is 9.74. The van der Waals surface area contributed by atoms with Gasteiger partial charge in [-0.15, -0.1) is 0 Å². The minimum absolute atomic E-state index is 0.243. The third-order valence-electron chi connectivity index (χ3n) is 2.02. The molecule has 0 aliphatic heterocycles. The molecule has 3 nitrogen and oxygen atoms in total. The fraction of sp³-hybridized carbons (Fsp3) is 0.667. The van der Waals surface area contributed by atoms with E-state index in [1.54, 1.807) is 12.5 Å². The minimum atomic E-state index is -0.396. The average Bonchev–Trinajstić information content (AvgIpc) is 2.49. The highest BCUT2D eigenvalue weighted by Crippen LogP contribution is 2.20. The van der Waals surface area contributed by atoms with E-state index in [4.69, 9.17) is 0 Å². The van der Waals surface area contributed by atoms with Crippen molar-refractivity contribution in [3.63, 3.8) is 0 Å². The first-order valence-corrected chi connectivity index (χ1v) is 4.35. The van der Waals surface area contributed by atoms with Crippen molar-refractivity contribution in [2.24, 2.45) is 5.92 Å². The highest BCUT2D eigenvalue weighted by atomic mass is 16.3. The van der Waals surface area contributed by atoms with Gasteiger partial charge in [0.1, 0.15) is 0 Å². The van der Waals surface area contributed by atoms with Gasteiger partial charge >= 0.3 is 0 Å². The topological polar surface area (TPSA) is 38.0 Å². The van der Waals surface area contributed by atoms with E-state index in [0.717, 1.165) is 12.2 Å². The summed E-state index contributed by atoms with van der Waals surface area (Å²) in [6.07, 6.45) is 3.09. The highest BCUT2D eigenvalue weighted by Gasteiger charge is 2.15. The van der Waals surface area contributed by atoms with Crippen LogP contribution >= 0.6 is 0 Å². The first-order chi connectivity index (χ1) is 5.66. The lowest BCUT2D eigenvalue weighted by molar-refractivity contribution is 0.118. The number of rotatable bonds is 3. The lowest BCUT2D eigenvalue weighted by Gasteiger charge is -2.15. The molecule has 1 unspecified atom stereocenters. The lowest BCUT2D eigenvalue weighted by Crippen LogP contribution is -2.10. The molecule has 0 saturated carbocycles. The molecule has 0 aromatic carbocycles. The molecule has 1 N–H and O–H groups in total. The maximum Gasteiger partial charge on any atom is 0.0978 e. The SMILES string of the molecule is CCn1cncc1C(O)C(C)C. The number of hydrogen-bond donors (Lipinski definition) is 1. The van der Waals surface area contributed by atoms with Crippen molar-refractivity contribution in [3.8, 4) is 0 Å². The number of hydrogen-bond acceptors (Lipinski definition) is 2. The predicted octanol–water partition coefficient (Wildman–Crippen LogP) is 1.59. The van der Waals surface area contributed by atoms with Gasteiger partial charge in [-0.25, -0.2) is 4.98 Å². The van der Waals surface area contributed by atoms with Gasteiger partial charge in [0.25, 0.3) is 0 Å². The molecule has 68 valence electrons. The van der Waals surface area contributed by atoms with Gasteiger partial charge in [0, 0.05) is 6.54 Å². The number of nitrogens with zero attached hydrogens (tertiary/aromatic N) is 2. The average molecular weight is 168 g/mol. The quantitative estimate of drug-likeness (QED) is 0.744. The van der Waals surface area contributed by atoms with Crippen LogP contribution in [0, 0.1) is 5.92 Å². The largest absolute Gasteiger partial charge is 0.387 e. The van der Waals surface area contributed by atoms with Crippen molar-refractivity contribution in [1.29, 1.82) is 0 Å². The van der Waals surface area contributed by atoms with Crippen LogP contribution in [0.2, 0.25) is 0 Å². The predicted molar refractivity (Wildman–Crippen MR) is 47.7 cm³/mol. The summed E-state index contributed by atoms with van der Waals surface area (Å²) in [5.41, 5.74) is 0.910. The molecular weight excluding hydrogens is 152 g/mol. The Morgan fingerprint density at radius 1 is 1.58 bits per heavy atom. The molecule has 1 heterocycles. The summed E-state index contributed by atoms with van der Waals surface area (Å²) < 4.78 is 1.96. The second-order valence-corrected chi connectivity index (χ2v) is 3.29. The first kappa shape index (κ1) is 9.26. The van der Waals surface area contributed by atoms with Crippen LogP contribution in [0.15, 0.2) is 12.5 Å². The van der Waals surface area contributed by atoms with Gasteiger partial charge in [0.2, 0.25) is 0 Å². The molecule has 0 bridgehead atoms. The van der Waals surface area contributed by atoms with Gasteiger partial charge in [0.05, 0.1) is 24.3 Å². The van der Waals surface area contributed by atoms with Crippen molar-refractivity contribution < 1.29 is 5.11 Å². The Labute approximate surface area is 73.1 Å². The molecule has 1 aromatic rings. The number of aliphatic hydroxyl groups excluding tert-OH is 1. The van der Waals surface area contributed by atoms with E-state index < -0.39 is 6.10 Å². The van der Waals surface area contributed by atoms with Crippen molar-refractivity contribution >= 4 is 0 Å². The summed E-state index contributed by atoms with van der Waals surface area (Å²) in [6.45, 7) is 6.90. The van der Waals surface area contributed by atoms with Crippen LogP contribution in [-0.4, -0.2) is 14.7 Å². The van der Waals surface area contributed by atoms with Gasteiger partial charge in [-0.2, -0.15) is 0 Å². The maximum absolute atomic E-state index is 9.74. The molecule has 0 amide bonds. The van der Waals surface area contributed by atoms with Crippen LogP contribution in [0.4, 0.5) is 0 Å². The zero-order chi connectivity index (χ0) is 9.14. The Kier molecular flexibility index (Phi) is 2.87. The minimum Gasteiger partial charge on any atom is -0.387 e. The van der Waals surface area contributed by atoms with Crippen molar-refractivity contribution in [2.75, 3.05) is 0 Å². The standard InChI is InChI=1S/C9H16N2O/c1-4-11-6-10-5-8(11)9(12)7(2)3/h5-7,9,12H,4H2,1-3H3. The molecule has 3 heteroatoms. The summed E-state index contributed by atoms with van der Waals surface area (Å²) in [6, 6.07) is 0. The summed E-state index contributed by atoms with van der Waals surface area (Å²) in [4.78, 5) is 4.00. The molecule has 0 aliphatic rings. The van der Waals surface area contributed by atoms with E-state index in [0.29, 0.717) is 0 Å². The van der Waals surface area contributed by atoms with E-state index in [9.17, 15) is 5.11 Å². The third kappa shape index (κ3) is 1.67. The molecule has 0 spiro atoms. The molecular formula is C9H16N2O. The summed E-state index contributed by atoms with van der Waals surface area (Å²) in [5.74, 6) is 0.243. The Morgan fingerprint density at radius 2 is 2.25 bits per heavy atom. The molecule has 0 fully saturated rings. The van der Waals surface area contributed by atoms with E-state index in [1.807, 2.05) is 25.3 Å². The molecule has 0 aliphatic carbocycles. The summed E-state index contributed by atoms with van der Waals surface area (Å²) >= 11 is 0. The van der Waals surface area contributed by atoms with Crippen LogP contribution in [0.25, 0.3) is 0 Å². The van der Waals surface area contributed by atoms with Crippen LogP contribution in [-0.2, 0) is 6.54 Å². The second-order valence-electron chi connectivity index (χ2n) is 3.29. The summed E-state index contributed by atoms with van der Waals surface area (Å²) in [7, 11) is 0. The Morgan fingerprint density at radius 3 is 2.75 bits per heavy atom. The Bertz CT molecular complexity index is 242. The molecule has 1 atom stereocenters. The van der Waals surface area contributed by atoms with Gasteiger partial charge in [-0.1, -0.05) is 13.8 Å². The molecule has 0 saturated heterocycles. The zero-order valence-corrected chi connectivity index (χ0v) is 7.86. The number of aryl methyl sites for hydroxylation is 1. The number of imidazole rings is 1. The van der Waals surface area contributed by atoms with Gasteiger partial charge < -0.3 is 9.67 Å². The van der Waals surface area contributed by atoms with E-state index >= 15 is 0 Å². The zero-order valence-electron chi connectivity index (χ0n) is 7.86. The Hall–Kier alpha value is -0.830. The highest BCUT2D eigenvalue weighted by molar-refractivity contribution is 5.03. The fourth-order valence-corrected chi connectivity index (χ4v) is 1.18. The smallest absolute Gasteiger partial charge is 0.0978 e. The number of aromatic nitrogens is 2. The molecule has 1 rings (SSSR count). The van der Waals surface area contributed by atoms with Crippen LogP contribution < -0.4 is 0 Å². The van der Waals surface area contributed by atoms with Crippen molar-refractivity contribution in [3.05, 3.63) is 18.2 Å². The van der Waals surface area contributed by atoms with E-state index in [2.05, 4.69) is 4.98 Å². The van der Waals surface area contributed by atoms with Crippen molar-refractivity contribution in [1.82, 2.24) is 9.55 Å². The third-order valence-corrected chi connectivity index (χ3v) is 2.02. The van der Waals surface area contributed by atoms with E-state index in [-0.39, 0.29) is 5.92 Å². The molecule has 1 aromatic heterocycles. The number of aliphatic hydroxyl groups is 1. The van der Waals surface area contributed by atoms with Crippen LogP contribution in [0.3, 0.4) is 0 Å². The normalized spacial score (nSPS) is 13.8. The summed E-state index contributed by atoms with van der Waals surface area (Å²) in [5, 5.41) is 9.74. The van der Waals surface area contributed by atoms with Gasteiger partial charge in [0.15, 0.2) is 0 Å². The van der Waals surface area contributed by atoms with Crippen molar-refractivity contribution in [2.45, 2.75) is 33.4 Å². The molecule has 12 heavy (non-hydrogen) atoms. The van der Waals surface area contributed by atoms with Crippen LogP contribution in [0.5, 0.6) is 0 Å². The fourth-order valence-electron chi connectivity index (χ4n) is 1.18. The first-order valence-electron chi connectivity index (χ1n) is 4.35.